The maximum Gasteiger partial charge on any atom is 0.161 e. The van der Waals surface area contributed by atoms with E-state index >= 15 is 0 Å². The van der Waals surface area contributed by atoms with Crippen LogP contribution in [0.3, 0.4) is 0 Å². The zero-order chi connectivity index (χ0) is 12.8. The minimum Gasteiger partial charge on any atom is -0.493 e. The Morgan fingerprint density at radius 3 is 2.47 bits per heavy atom. The van der Waals surface area contributed by atoms with Crippen LogP contribution in [0, 0.1) is 5.92 Å². The molecule has 2 N–H and O–H groups in total. The molecule has 0 aliphatic rings. The molecule has 0 aliphatic carbocycles. The van der Waals surface area contributed by atoms with Gasteiger partial charge in [-0.1, -0.05) is 19.9 Å². The van der Waals surface area contributed by atoms with E-state index in [1.165, 1.54) is 0 Å². The summed E-state index contributed by atoms with van der Waals surface area (Å²) in [4.78, 5) is 0. The average Bonchev–Trinajstić information content (AvgIpc) is 2.28. The van der Waals surface area contributed by atoms with Crippen molar-refractivity contribution in [1.29, 1.82) is 0 Å². The van der Waals surface area contributed by atoms with Gasteiger partial charge in [-0.15, -0.1) is 0 Å². The van der Waals surface area contributed by atoms with Crippen molar-refractivity contribution in [3.05, 3.63) is 23.8 Å². The molecule has 1 aromatic carbocycles. The van der Waals surface area contributed by atoms with Gasteiger partial charge >= 0.3 is 0 Å². The number of rotatable bonds is 6. The molecule has 0 radical (unpaired) electrons. The zero-order valence-electron chi connectivity index (χ0n) is 11.2. The minimum absolute atomic E-state index is 0.0557. The van der Waals surface area contributed by atoms with Gasteiger partial charge < -0.3 is 15.2 Å². The number of benzene rings is 1. The maximum atomic E-state index is 6.16. The van der Waals surface area contributed by atoms with E-state index in [0.29, 0.717) is 12.5 Å². The van der Waals surface area contributed by atoms with E-state index in [4.69, 9.17) is 15.2 Å². The topological polar surface area (TPSA) is 44.5 Å². The van der Waals surface area contributed by atoms with Gasteiger partial charge in [-0.25, -0.2) is 0 Å². The van der Waals surface area contributed by atoms with Gasteiger partial charge in [0.1, 0.15) is 0 Å². The average molecular weight is 237 g/mol. The van der Waals surface area contributed by atoms with E-state index < -0.39 is 0 Å². The Morgan fingerprint density at radius 2 is 1.94 bits per heavy atom. The van der Waals surface area contributed by atoms with Crippen LogP contribution in [0.5, 0.6) is 11.5 Å². The first kappa shape index (κ1) is 13.8. The summed E-state index contributed by atoms with van der Waals surface area (Å²) in [6.07, 6.45) is 0.970. The summed E-state index contributed by atoms with van der Waals surface area (Å²) < 4.78 is 10.8. The van der Waals surface area contributed by atoms with Crippen LogP contribution in [0.15, 0.2) is 18.2 Å². The molecule has 0 aromatic heterocycles. The fourth-order valence-electron chi connectivity index (χ4n) is 1.84. The van der Waals surface area contributed by atoms with Crippen LogP contribution >= 0.6 is 0 Å². The maximum absolute atomic E-state index is 6.16. The smallest absolute Gasteiger partial charge is 0.161 e. The Labute approximate surface area is 104 Å². The van der Waals surface area contributed by atoms with Gasteiger partial charge in [0.25, 0.3) is 0 Å². The number of hydrogen-bond donors (Lipinski definition) is 1. The molecular formula is C14H23NO2. The highest BCUT2D eigenvalue weighted by atomic mass is 16.5. The van der Waals surface area contributed by atoms with E-state index in [1.807, 2.05) is 25.1 Å². The first-order valence-electron chi connectivity index (χ1n) is 6.14. The third kappa shape index (κ3) is 3.93. The number of nitrogens with two attached hydrogens (primary N) is 1. The largest absolute Gasteiger partial charge is 0.493 e. The monoisotopic (exact) mass is 237 g/mol. The van der Waals surface area contributed by atoms with E-state index in [0.717, 1.165) is 23.5 Å². The van der Waals surface area contributed by atoms with E-state index in [1.54, 1.807) is 7.11 Å². The summed E-state index contributed by atoms with van der Waals surface area (Å²) in [5.74, 6) is 2.11. The number of hydrogen-bond acceptors (Lipinski definition) is 3. The Balaban J connectivity index is 2.90. The molecule has 0 saturated heterocycles. The summed E-state index contributed by atoms with van der Waals surface area (Å²) >= 11 is 0. The molecule has 0 spiro atoms. The molecule has 0 amide bonds. The highest BCUT2D eigenvalue weighted by Gasteiger charge is 2.12. The highest BCUT2D eigenvalue weighted by Crippen LogP contribution is 2.31. The summed E-state index contributed by atoms with van der Waals surface area (Å²) in [5, 5.41) is 0. The molecule has 0 fully saturated rings. The van der Waals surface area contributed by atoms with Gasteiger partial charge in [0.15, 0.2) is 11.5 Å². The quantitative estimate of drug-likeness (QED) is 0.826. The van der Waals surface area contributed by atoms with Crippen LogP contribution in [-0.4, -0.2) is 13.7 Å². The summed E-state index contributed by atoms with van der Waals surface area (Å²) in [7, 11) is 1.64. The van der Waals surface area contributed by atoms with E-state index in [2.05, 4.69) is 13.8 Å². The molecule has 0 bridgehead atoms. The third-order valence-corrected chi connectivity index (χ3v) is 2.64. The second kappa shape index (κ2) is 6.50. The molecule has 3 heteroatoms. The second-order valence-electron chi connectivity index (χ2n) is 4.58. The van der Waals surface area contributed by atoms with Crippen molar-refractivity contribution in [1.82, 2.24) is 0 Å². The molecule has 0 saturated carbocycles. The molecule has 0 unspecified atom stereocenters. The zero-order valence-corrected chi connectivity index (χ0v) is 11.2. The van der Waals surface area contributed by atoms with Crippen molar-refractivity contribution in [2.24, 2.45) is 11.7 Å². The van der Waals surface area contributed by atoms with Crippen molar-refractivity contribution >= 4 is 0 Å². The highest BCUT2D eigenvalue weighted by molar-refractivity contribution is 5.43. The molecule has 1 aromatic rings. The molecule has 3 nitrogen and oxygen atoms in total. The second-order valence-corrected chi connectivity index (χ2v) is 4.58. The van der Waals surface area contributed by atoms with Crippen LogP contribution in [-0.2, 0) is 0 Å². The van der Waals surface area contributed by atoms with Crippen molar-refractivity contribution in [3.63, 3.8) is 0 Å². The predicted molar refractivity (Wildman–Crippen MR) is 70.5 cm³/mol. The summed E-state index contributed by atoms with van der Waals surface area (Å²) in [5.41, 5.74) is 7.26. The normalized spacial score (nSPS) is 12.6. The molecule has 96 valence electrons. The van der Waals surface area contributed by atoms with E-state index in [9.17, 15) is 0 Å². The van der Waals surface area contributed by atoms with Crippen LogP contribution in [0.4, 0.5) is 0 Å². The van der Waals surface area contributed by atoms with E-state index in [-0.39, 0.29) is 6.04 Å². The van der Waals surface area contributed by atoms with Gasteiger partial charge in [0.2, 0.25) is 0 Å². The van der Waals surface area contributed by atoms with Crippen LogP contribution in [0.1, 0.15) is 38.8 Å². The molecule has 1 rings (SSSR count). The van der Waals surface area contributed by atoms with Gasteiger partial charge in [-0.05, 0) is 37.0 Å². The van der Waals surface area contributed by atoms with Gasteiger partial charge in [-0.2, -0.15) is 0 Å². The van der Waals surface area contributed by atoms with Crippen LogP contribution in [0.2, 0.25) is 0 Å². The third-order valence-electron chi connectivity index (χ3n) is 2.64. The van der Waals surface area contributed by atoms with Crippen molar-refractivity contribution in [2.75, 3.05) is 13.7 Å². The SMILES string of the molecule is CCOc1cc([C@H](N)CC(C)C)ccc1OC. The van der Waals surface area contributed by atoms with Gasteiger partial charge in [0.05, 0.1) is 13.7 Å². The lowest BCUT2D eigenvalue weighted by Gasteiger charge is -2.17. The summed E-state index contributed by atoms with van der Waals surface area (Å²) in [6.45, 7) is 6.93. The Kier molecular flexibility index (Phi) is 5.29. The number of methoxy groups -OCH3 is 1. The van der Waals surface area contributed by atoms with Crippen LogP contribution in [0.25, 0.3) is 0 Å². The molecule has 0 heterocycles. The lowest BCUT2D eigenvalue weighted by Crippen LogP contribution is -2.13. The lowest BCUT2D eigenvalue weighted by molar-refractivity contribution is 0.310. The molecule has 1 atom stereocenters. The lowest BCUT2D eigenvalue weighted by atomic mass is 9.97. The first-order chi connectivity index (χ1) is 8.08. The fraction of sp³-hybridized carbons (Fsp3) is 0.571. The Hall–Kier alpha value is -1.22. The number of ether oxygens (including phenoxy) is 2. The molecule has 0 aliphatic heterocycles. The first-order valence-corrected chi connectivity index (χ1v) is 6.14. The van der Waals surface area contributed by atoms with Crippen molar-refractivity contribution < 1.29 is 9.47 Å². The molecule has 17 heavy (non-hydrogen) atoms. The van der Waals surface area contributed by atoms with Gasteiger partial charge in [-0.3, -0.25) is 0 Å². The Bertz CT molecular complexity index is 350. The fourth-order valence-corrected chi connectivity index (χ4v) is 1.84. The van der Waals surface area contributed by atoms with Crippen molar-refractivity contribution in [2.45, 2.75) is 33.2 Å². The predicted octanol–water partition coefficient (Wildman–Crippen LogP) is 3.14. The van der Waals surface area contributed by atoms with Crippen molar-refractivity contribution in [3.8, 4) is 11.5 Å². The minimum atomic E-state index is 0.0557. The van der Waals surface area contributed by atoms with Gasteiger partial charge in [0, 0.05) is 6.04 Å². The van der Waals surface area contributed by atoms with Crippen LogP contribution < -0.4 is 15.2 Å². The molecular weight excluding hydrogens is 214 g/mol. The summed E-state index contributed by atoms with van der Waals surface area (Å²) in [6, 6.07) is 5.96. The standard InChI is InChI=1S/C14H23NO2/c1-5-17-14-9-11(6-7-13(14)16-4)12(15)8-10(2)3/h6-7,9-10,12H,5,8,15H2,1-4H3/t12-/m1/s1. The Morgan fingerprint density at radius 1 is 1.24 bits per heavy atom.